The topological polar surface area (TPSA) is 109 Å². The number of rotatable bonds is 4. The lowest BCUT2D eigenvalue weighted by atomic mass is 10.1. The van der Waals surface area contributed by atoms with Gasteiger partial charge in [-0.25, -0.2) is 13.4 Å². The largest absolute Gasteiger partial charge is 0.459 e. The van der Waals surface area contributed by atoms with Crippen molar-refractivity contribution in [3.63, 3.8) is 0 Å². The zero-order chi connectivity index (χ0) is 19.9. The van der Waals surface area contributed by atoms with Gasteiger partial charge in [-0.3, -0.25) is 9.59 Å². The van der Waals surface area contributed by atoms with Crippen molar-refractivity contribution < 1.29 is 22.4 Å². The predicted octanol–water partition coefficient (Wildman–Crippen LogP) is 1.78. The summed E-state index contributed by atoms with van der Waals surface area (Å²) in [6.07, 6.45) is 0.719. The van der Waals surface area contributed by atoms with Crippen LogP contribution in [-0.4, -0.2) is 48.5 Å². The number of fused-ring (bicyclic) bond motifs is 1. The molecule has 1 fully saturated rings. The van der Waals surface area contributed by atoms with Crippen LogP contribution in [0.3, 0.4) is 0 Å². The van der Waals surface area contributed by atoms with E-state index in [4.69, 9.17) is 4.42 Å². The standard InChI is InChI=1S/C19H21N3O5S/c1-12(17-10-13-4-2-3-5-16(13)27-17)20-19(24)15-6-7-18(23)22(21-15)14-8-9-28(25,26)11-14/h2-5,10,12,14H,6-9,11H2,1H3,(H,20,24). The highest BCUT2D eigenvalue weighted by Crippen LogP contribution is 2.25. The summed E-state index contributed by atoms with van der Waals surface area (Å²) in [6, 6.07) is 8.59. The highest BCUT2D eigenvalue weighted by Gasteiger charge is 2.37. The van der Waals surface area contributed by atoms with Gasteiger partial charge in [0.05, 0.1) is 23.6 Å². The van der Waals surface area contributed by atoms with Gasteiger partial charge in [0.25, 0.3) is 5.91 Å². The van der Waals surface area contributed by atoms with Gasteiger partial charge in [-0.1, -0.05) is 18.2 Å². The number of amides is 2. The molecule has 1 N–H and O–H groups in total. The second-order valence-corrected chi connectivity index (χ2v) is 9.45. The zero-order valence-electron chi connectivity index (χ0n) is 15.4. The number of hydrazone groups is 1. The molecule has 2 aliphatic rings. The Balaban J connectivity index is 1.48. The summed E-state index contributed by atoms with van der Waals surface area (Å²) >= 11 is 0. The second-order valence-electron chi connectivity index (χ2n) is 7.22. The molecular formula is C19H21N3O5S. The summed E-state index contributed by atoms with van der Waals surface area (Å²) in [7, 11) is -3.15. The Hall–Kier alpha value is -2.68. The molecular weight excluding hydrogens is 382 g/mol. The van der Waals surface area contributed by atoms with Crippen LogP contribution in [0.4, 0.5) is 0 Å². The lowest BCUT2D eigenvalue weighted by Gasteiger charge is -2.27. The number of carbonyl (C=O) groups excluding carboxylic acids is 2. The minimum Gasteiger partial charge on any atom is -0.459 e. The van der Waals surface area contributed by atoms with E-state index in [-0.39, 0.29) is 47.9 Å². The molecule has 1 saturated heterocycles. The number of nitrogens with one attached hydrogen (secondary N) is 1. The number of sulfone groups is 1. The molecule has 148 valence electrons. The third-order valence-electron chi connectivity index (χ3n) is 5.09. The molecule has 0 spiro atoms. The van der Waals surface area contributed by atoms with E-state index in [1.165, 1.54) is 5.01 Å². The monoisotopic (exact) mass is 403 g/mol. The second kappa shape index (κ2) is 7.05. The Morgan fingerprint density at radius 2 is 2.11 bits per heavy atom. The molecule has 2 aliphatic heterocycles. The lowest BCUT2D eigenvalue weighted by molar-refractivity contribution is -0.133. The molecule has 0 bridgehead atoms. The molecule has 2 amide bonds. The maximum Gasteiger partial charge on any atom is 0.268 e. The molecule has 2 unspecified atom stereocenters. The fourth-order valence-electron chi connectivity index (χ4n) is 3.56. The number of furan rings is 1. The SMILES string of the molecule is CC(NC(=O)C1=NN(C2CCS(=O)(=O)C2)C(=O)CC1)c1cc2ccccc2o1. The van der Waals surface area contributed by atoms with Crippen LogP contribution in [0.5, 0.6) is 0 Å². The molecule has 3 heterocycles. The predicted molar refractivity (Wildman–Crippen MR) is 103 cm³/mol. The Kier molecular flexibility index (Phi) is 4.70. The summed E-state index contributed by atoms with van der Waals surface area (Å²) in [5.41, 5.74) is 0.972. The Morgan fingerprint density at radius 3 is 2.82 bits per heavy atom. The number of para-hydroxylation sites is 1. The number of benzene rings is 1. The van der Waals surface area contributed by atoms with Gasteiger partial charge in [-0.15, -0.1) is 0 Å². The minimum atomic E-state index is -3.15. The summed E-state index contributed by atoms with van der Waals surface area (Å²) in [4.78, 5) is 24.8. The van der Waals surface area contributed by atoms with Crippen LogP contribution in [0.2, 0.25) is 0 Å². The van der Waals surface area contributed by atoms with Gasteiger partial charge in [-0.2, -0.15) is 5.10 Å². The van der Waals surface area contributed by atoms with Crippen molar-refractivity contribution in [3.05, 3.63) is 36.1 Å². The first-order valence-corrected chi connectivity index (χ1v) is 11.0. The molecule has 1 aromatic carbocycles. The first-order chi connectivity index (χ1) is 13.3. The van der Waals surface area contributed by atoms with Crippen LogP contribution in [0, 0.1) is 0 Å². The van der Waals surface area contributed by atoms with Gasteiger partial charge >= 0.3 is 0 Å². The fraction of sp³-hybridized carbons (Fsp3) is 0.421. The molecule has 9 heteroatoms. The van der Waals surface area contributed by atoms with Gasteiger partial charge in [0, 0.05) is 18.2 Å². The van der Waals surface area contributed by atoms with Crippen LogP contribution in [0.25, 0.3) is 11.0 Å². The maximum atomic E-state index is 12.7. The Bertz CT molecular complexity index is 1040. The van der Waals surface area contributed by atoms with Crippen LogP contribution in [-0.2, 0) is 19.4 Å². The number of carbonyl (C=O) groups is 2. The first-order valence-electron chi connectivity index (χ1n) is 9.22. The molecule has 2 aromatic rings. The zero-order valence-corrected chi connectivity index (χ0v) is 16.2. The molecule has 1 aromatic heterocycles. The van der Waals surface area contributed by atoms with E-state index < -0.39 is 15.9 Å². The Labute approximate surface area is 162 Å². The smallest absolute Gasteiger partial charge is 0.268 e. The highest BCUT2D eigenvalue weighted by molar-refractivity contribution is 7.91. The Morgan fingerprint density at radius 1 is 1.32 bits per heavy atom. The number of nitrogens with zero attached hydrogens (tertiary/aromatic N) is 2. The average molecular weight is 403 g/mol. The van der Waals surface area contributed by atoms with Crippen LogP contribution >= 0.6 is 0 Å². The molecule has 0 aliphatic carbocycles. The summed E-state index contributed by atoms with van der Waals surface area (Å²) in [5, 5.41) is 9.18. The van der Waals surface area contributed by atoms with Crippen molar-refractivity contribution in [3.8, 4) is 0 Å². The lowest BCUT2D eigenvalue weighted by Crippen LogP contribution is -2.44. The fourth-order valence-corrected chi connectivity index (χ4v) is 5.25. The third kappa shape index (κ3) is 3.66. The molecule has 28 heavy (non-hydrogen) atoms. The minimum absolute atomic E-state index is 0.0432. The molecule has 8 nitrogen and oxygen atoms in total. The summed E-state index contributed by atoms with van der Waals surface area (Å²) in [6.45, 7) is 1.81. The quantitative estimate of drug-likeness (QED) is 0.837. The van der Waals surface area contributed by atoms with E-state index in [1.807, 2.05) is 37.3 Å². The van der Waals surface area contributed by atoms with Crippen LogP contribution < -0.4 is 5.32 Å². The van der Waals surface area contributed by atoms with Crippen molar-refractivity contribution in [2.75, 3.05) is 11.5 Å². The number of hydrogen-bond acceptors (Lipinski definition) is 6. The molecule has 0 saturated carbocycles. The van der Waals surface area contributed by atoms with Gasteiger partial charge in [0.15, 0.2) is 9.84 Å². The van der Waals surface area contributed by atoms with E-state index in [0.29, 0.717) is 12.2 Å². The van der Waals surface area contributed by atoms with Crippen molar-refractivity contribution in [1.82, 2.24) is 10.3 Å². The normalized spacial score (nSPS) is 22.9. The average Bonchev–Trinajstić information content (AvgIpc) is 3.25. The molecule has 4 rings (SSSR count). The number of hydrogen-bond donors (Lipinski definition) is 1. The van der Waals surface area contributed by atoms with Gasteiger partial charge in [0.2, 0.25) is 5.91 Å². The van der Waals surface area contributed by atoms with Crippen molar-refractivity contribution >= 4 is 38.3 Å². The third-order valence-corrected chi connectivity index (χ3v) is 6.85. The van der Waals surface area contributed by atoms with Crippen molar-refractivity contribution in [1.29, 1.82) is 0 Å². The van der Waals surface area contributed by atoms with E-state index in [1.54, 1.807) is 0 Å². The van der Waals surface area contributed by atoms with Crippen LogP contribution in [0.1, 0.15) is 38.0 Å². The molecule has 0 radical (unpaired) electrons. The summed E-state index contributed by atoms with van der Waals surface area (Å²) < 4.78 is 29.2. The maximum absolute atomic E-state index is 12.7. The van der Waals surface area contributed by atoms with Crippen molar-refractivity contribution in [2.45, 2.75) is 38.3 Å². The molecule has 2 atom stereocenters. The summed E-state index contributed by atoms with van der Waals surface area (Å²) in [5.74, 6) is -0.0650. The first kappa shape index (κ1) is 18.7. The van der Waals surface area contributed by atoms with Gasteiger partial charge < -0.3 is 9.73 Å². The van der Waals surface area contributed by atoms with E-state index in [0.717, 1.165) is 11.0 Å². The van der Waals surface area contributed by atoms with Crippen LogP contribution in [0.15, 0.2) is 39.9 Å². The van der Waals surface area contributed by atoms with E-state index in [9.17, 15) is 18.0 Å². The van der Waals surface area contributed by atoms with Gasteiger partial charge in [-0.05, 0) is 25.5 Å². The van der Waals surface area contributed by atoms with Crippen molar-refractivity contribution in [2.24, 2.45) is 5.10 Å². The highest BCUT2D eigenvalue weighted by atomic mass is 32.2. The van der Waals surface area contributed by atoms with Gasteiger partial charge in [0.1, 0.15) is 17.1 Å². The van der Waals surface area contributed by atoms with E-state index in [2.05, 4.69) is 10.4 Å². The van der Waals surface area contributed by atoms with E-state index >= 15 is 0 Å².